The van der Waals surface area contributed by atoms with E-state index in [1.54, 1.807) is 54.9 Å². The number of aromatic hydroxyl groups is 1. The van der Waals surface area contributed by atoms with Crippen LogP contribution in [0.15, 0.2) is 87.4 Å². The zero-order valence-corrected chi connectivity index (χ0v) is 23.2. The van der Waals surface area contributed by atoms with E-state index in [4.69, 9.17) is 0 Å². The normalized spacial score (nSPS) is 20.0. The summed E-state index contributed by atoms with van der Waals surface area (Å²) in [5.74, 6) is -2.38. The van der Waals surface area contributed by atoms with Crippen LogP contribution >= 0.6 is 39.0 Å². The Bertz CT molecular complexity index is 1650. The number of carbonyl (C=O) groups excluding carboxylic acids is 3. The molecule has 0 radical (unpaired) electrons. The molecular formula is C27H19BrN4O5S2. The summed E-state index contributed by atoms with van der Waals surface area (Å²) in [6.45, 7) is -0.270. The molecule has 2 unspecified atom stereocenters. The fraction of sp³-hybridized carbons (Fsp3) is 0.148. The predicted octanol–water partition coefficient (Wildman–Crippen LogP) is 4.21. The molecule has 2 N–H and O–H groups in total. The van der Waals surface area contributed by atoms with E-state index >= 15 is 0 Å². The van der Waals surface area contributed by atoms with Crippen molar-refractivity contribution >= 4 is 68.1 Å². The molecule has 2 aromatic heterocycles. The number of anilines is 2. The molecule has 9 nitrogen and oxygen atoms in total. The first-order valence-electron chi connectivity index (χ1n) is 11.8. The van der Waals surface area contributed by atoms with Gasteiger partial charge in [0.15, 0.2) is 0 Å². The second kappa shape index (κ2) is 10.1. The maximum atomic E-state index is 13.8. The zero-order valence-electron chi connectivity index (χ0n) is 20.0. The monoisotopic (exact) mass is 622 g/mol. The molecule has 3 atom stereocenters. The number of hydrogen-bond donors (Lipinski definition) is 2. The van der Waals surface area contributed by atoms with E-state index < -0.39 is 23.0 Å². The third-order valence-corrected chi connectivity index (χ3v) is 9.76. The number of fused-ring (bicyclic) bond motifs is 2. The molecular weight excluding hydrogens is 604 g/mol. The number of aromatic nitrogens is 2. The minimum atomic E-state index is -0.778. The second-order valence-corrected chi connectivity index (χ2v) is 12.1. The molecule has 12 heteroatoms. The molecule has 0 aliphatic carbocycles. The van der Waals surface area contributed by atoms with Crippen LogP contribution in [0.1, 0.15) is 16.4 Å². The number of thioether (sulfide) groups is 1. The number of nitrogens with zero attached hydrogens (tertiary/aromatic N) is 3. The van der Waals surface area contributed by atoms with Gasteiger partial charge in [0.2, 0.25) is 17.7 Å². The summed E-state index contributed by atoms with van der Waals surface area (Å²) in [6.07, 6.45) is 3.27. The molecule has 6 rings (SSSR count). The van der Waals surface area contributed by atoms with E-state index in [2.05, 4.69) is 26.2 Å². The minimum Gasteiger partial charge on any atom is -0.508 e. The van der Waals surface area contributed by atoms with Gasteiger partial charge in [-0.2, -0.15) is 0 Å². The lowest BCUT2D eigenvalue weighted by Gasteiger charge is -2.30. The molecule has 39 heavy (non-hydrogen) atoms. The number of pyridine rings is 1. The van der Waals surface area contributed by atoms with Crippen molar-refractivity contribution in [2.24, 2.45) is 5.92 Å². The average Bonchev–Trinajstić information content (AvgIpc) is 3.37. The highest BCUT2D eigenvalue weighted by molar-refractivity contribution is 9.10. The summed E-state index contributed by atoms with van der Waals surface area (Å²) in [4.78, 5) is 59.3. The Kier molecular flexibility index (Phi) is 6.61. The van der Waals surface area contributed by atoms with Crippen LogP contribution in [0.3, 0.4) is 0 Å². The Balaban J connectivity index is 1.39. The Hall–Kier alpha value is -3.74. The number of phenolic OH excluding ortho intramolecular Hbond substituents is 1. The minimum absolute atomic E-state index is 0.0662. The van der Waals surface area contributed by atoms with Crippen LogP contribution in [-0.4, -0.2) is 37.6 Å². The smallest absolute Gasteiger partial charge is 0.308 e. The lowest BCUT2D eigenvalue weighted by atomic mass is 9.84. The summed E-state index contributed by atoms with van der Waals surface area (Å²) in [6, 6.07) is 16.5. The van der Waals surface area contributed by atoms with Crippen LogP contribution in [0.25, 0.3) is 0 Å². The fourth-order valence-corrected chi connectivity index (χ4v) is 7.95. The van der Waals surface area contributed by atoms with E-state index in [0.29, 0.717) is 21.3 Å². The number of nitrogens with one attached hydrogen (secondary N) is 1. The third kappa shape index (κ3) is 4.58. The molecule has 4 heterocycles. The van der Waals surface area contributed by atoms with Crippen molar-refractivity contribution in [2.45, 2.75) is 22.7 Å². The van der Waals surface area contributed by atoms with Gasteiger partial charge >= 0.3 is 4.87 Å². The number of phenols is 1. The van der Waals surface area contributed by atoms with Crippen molar-refractivity contribution < 1.29 is 19.5 Å². The highest BCUT2D eigenvalue weighted by atomic mass is 79.9. The first-order chi connectivity index (χ1) is 18.8. The van der Waals surface area contributed by atoms with Gasteiger partial charge in [-0.15, -0.1) is 0 Å². The first kappa shape index (κ1) is 25.5. The van der Waals surface area contributed by atoms with Crippen molar-refractivity contribution in [3.05, 3.63) is 97.6 Å². The predicted molar refractivity (Wildman–Crippen MR) is 151 cm³/mol. The molecule has 2 aliphatic rings. The molecule has 1 fully saturated rings. The number of benzene rings is 2. The Morgan fingerprint density at radius 3 is 2.46 bits per heavy atom. The third-order valence-electron chi connectivity index (χ3n) is 6.63. The summed E-state index contributed by atoms with van der Waals surface area (Å²) in [7, 11) is 0. The van der Waals surface area contributed by atoms with Crippen molar-refractivity contribution in [3.8, 4) is 5.75 Å². The molecule has 0 bridgehead atoms. The summed E-state index contributed by atoms with van der Waals surface area (Å²) < 4.78 is 2.18. The van der Waals surface area contributed by atoms with Crippen LogP contribution < -0.4 is 15.1 Å². The lowest BCUT2D eigenvalue weighted by molar-refractivity contribution is -0.122. The maximum absolute atomic E-state index is 13.8. The van der Waals surface area contributed by atoms with Gasteiger partial charge in [-0.25, -0.2) is 4.90 Å². The molecule has 0 spiro atoms. The molecule has 2 aromatic carbocycles. The molecule has 196 valence electrons. The first-order valence-corrected chi connectivity index (χ1v) is 14.3. The van der Waals surface area contributed by atoms with Gasteiger partial charge in [0.25, 0.3) is 0 Å². The van der Waals surface area contributed by atoms with Gasteiger partial charge in [-0.3, -0.25) is 28.7 Å². The van der Waals surface area contributed by atoms with Gasteiger partial charge in [-0.05, 0) is 60.2 Å². The van der Waals surface area contributed by atoms with E-state index in [9.17, 15) is 24.3 Å². The zero-order chi connectivity index (χ0) is 27.3. The molecule has 1 saturated heterocycles. The van der Waals surface area contributed by atoms with Crippen molar-refractivity contribution in [3.63, 3.8) is 0 Å². The van der Waals surface area contributed by atoms with Crippen LogP contribution in [0.4, 0.5) is 11.4 Å². The topological polar surface area (TPSA) is 122 Å². The number of thiazole rings is 1. The van der Waals surface area contributed by atoms with Gasteiger partial charge < -0.3 is 10.4 Å². The van der Waals surface area contributed by atoms with Gasteiger partial charge in [0, 0.05) is 33.3 Å². The highest BCUT2D eigenvalue weighted by Crippen LogP contribution is 2.53. The van der Waals surface area contributed by atoms with E-state index in [-0.39, 0.29) is 29.0 Å². The number of hydrogen-bond acceptors (Lipinski definition) is 8. The fourth-order valence-electron chi connectivity index (χ4n) is 4.91. The van der Waals surface area contributed by atoms with E-state index in [1.807, 2.05) is 6.07 Å². The summed E-state index contributed by atoms with van der Waals surface area (Å²) in [5.41, 5.74) is 1.66. The number of imide groups is 1. The van der Waals surface area contributed by atoms with Crippen molar-refractivity contribution in [1.29, 1.82) is 0 Å². The van der Waals surface area contributed by atoms with Crippen LogP contribution in [0.2, 0.25) is 0 Å². The quantitative estimate of drug-likeness (QED) is 0.253. The van der Waals surface area contributed by atoms with Crippen LogP contribution in [0, 0.1) is 5.92 Å². The average molecular weight is 624 g/mol. The van der Waals surface area contributed by atoms with Crippen LogP contribution in [-0.2, 0) is 20.9 Å². The Labute approximate surface area is 238 Å². The van der Waals surface area contributed by atoms with E-state index in [0.717, 1.165) is 33.1 Å². The van der Waals surface area contributed by atoms with E-state index in [1.165, 1.54) is 21.6 Å². The Morgan fingerprint density at radius 1 is 1.03 bits per heavy atom. The summed E-state index contributed by atoms with van der Waals surface area (Å²) >= 11 is 5.52. The number of carbonyl (C=O) groups is 3. The highest BCUT2D eigenvalue weighted by Gasteiger charge is 2.56. The molecule has 2 aliphatic heterocycles. The van der Waals surface area contributed by atoms with Gasteiger partial charge in [-0.1, -0.05) is 45.1 Å². The Morgan fingerprint density at radius 2 is 1.77 bits per heavy atom. The summed E-state index contributed by atoms with van der Waals surface area (Å²) in [5, 5.41) is 11.9. The maximum Gasteiger partial charge on any atom is 0.308 e. The lowest BCUT2D eigenvalue weighted by Crippen LogP contribution is -2.33. The molecule has 3 amide bonds. The molecule has 4 aromatic rings. The number of rotatable bonds is 5. The number of halogens is 1. The van der Waals surface area contributed by atoms with Crippen LogP contribution in [0.5, 0.6) is 5.75 Å². The molecule has 0 saturated carbocycles. The second-order valence-electron chi connectivity index (χ2n) is 9.04. The van der Waals surface area contributed by atoms with Crippen molar-refractivity contribution in [1.82, 2.24) is 9.55 Å². The standard InChI is InChI=1S/C27H19BrN4O5S2/c28-15-3-7-17(8-4-15)32-24(35)21-20(14-2-1-11-29-12-14)23-26(38-22(21)25(32)36)31(27(37)39-23)13-19(34)30-16-5-9-18(33)10-6-16/h1-12,20-22,33H,13H2,(H,30,34)/t20-,21?,22?/m1/s1. The SMILES string of the molecule is O=C(Cn1c2c(sc1=O)[C@H](c1cccnc1)C1C(=O)N(c3ccc(Br)cc3)C(=O)C1S2)Nc1ccc(O)cc1. The largest absolute Gasteiger partial charge is 0.508 e. The van der Waals surface area contributed by atoms with Gasteiger partial charge in [0.1, 0.15) is 17.5 Å². The van der Waals surface area contributed by atoms with Gasteiger partial charge in [0.05, 0.1) is 16.6 Å². The van der Waals surface area contributed by atoms with Crippen molar-refractivity contribution in [2.75, 3.05) is 10.2 Å². The number of amides is 3.